The Labute approximate surface area is 130 Å². The molecule has 1 fully saturated rings. The molecule has 0 aromatic heterocycles. The van der Waals surface area contributed by atoms with Crippen LogP contribution in [-0.4, -0.2) is 35.7 Å². The van der Waals surface area contributed by atoms with Gasteiger partial charge in [-0.3, -0.25) is 4.90 Å². The van der Waals surface area contributed by atoms with E-state index in [-0.39, 0.29) is 17.2 Å². The van der Waals surface area contributed by atoms with Crippen LogP contribution in [0.3, 0.4) is 0 Å². The molecule has 4 heteroatoms. The van der Waals surface area contributed by atoms with E-state index >= 15 is 0 Å². The fraction of sp³-hybridized carbons (Fsp3) is 0.625. The molecule has 20 heavy (non-hydrogen) atoms. The van der Waals surface area contributed by atoms with E-state index in [0.29, 0.717) is 6.54 Å². The minimum Gasteiger partial charge on any atom is -0.367 e. The second-order valence-electron chi connectivity index (χ2n) is 6.80. The normalized spacial score (nSPS) is 23.5. The molecule has 2 N–H and O–H groups in total. The van der Waals surface area contributed by atoms with Gasteiger partial charge in [-0.2, -0.15) is 0 Å². The van der Waals surface area contributed by atoms with Gasteiger partial charge in [0.1, 0.15) is 0 Å². The monoisotopic (exact) mass is 340 g/mol. The van der Waals surface area contributed by atoms with E-state index in [1.54, 1.807) is 0 Å². The summed E-state index contributed by atoms with van der Waals surface area (Å²) in [6, 6.07) is 8.55. The maximum Gasteiger partial charge on any atom is 0.0761 e. The van der Waals surface area contributed by atoms with Gasteiger partial charge in [-0.15, -0.1) is 0 Å². The van der Waals surface area contributed by atoms with Crippen LogP contribution < -0.4 is 5.73 Å². The molecule has 1 aliphatic rings. The van der Waals surface area contributed by atoms with Crippen LogP contribution in [-0.2, 0) is 4.74 Å². The van der Waals surface area contributed by atoms with Crippen LogP contribution >= 0.6 is 15.9 Å². The molecule has 0 aliphatic carbocycles. The van der Waals surface area contributed by atoms with E-state index in [2.05, 4.69) is 66.7 Å². The molecule has 1 aromatic rings. The first-order valence-corrected chi connectivity index (χ1v) is 7.92. The molecule has 0 radical (unpaired) electrons. The predicted molar refractivity (Wildman–Crippen MR) is 86.8 cm³/mol. The topological polar surface area (TPSA) is 38.5 Å². The van der Waals surface area contributed by atoms with Crippen LogP contribution in [0.2, 0.25) is 0 Å². The van der Waals surface area contributed by atoms with Gasteiger partial charge in [0.2, 0.25) is 0 Å². The Kier molecular flexibility index (Phi) is 4.59. The summed E-state index contributed by atoms with van der Waals surface area (Å²) >= 11 is 3.65. The first-order valence-electron chi connectivity index (χ1n) is 7.13. The van der Waals surface area contributed by atoms with Gasteiger partial charge in [-0.1, -0.05) is 34.1 Å². The van der Waals surface area contributed by atoms with Gasteiger partial charge in [0.15, 0.2) is 0 Å². The van der Waals surface area contributed by atoms with Gasteiger partial charge in [-0.05, 0) is 39.3 Å². The van der Waals surface area contributed by atoms with Crippen molar-refractivity contribution in [2.45, 2.75) is 44.9 Å². The number of rotatable bonds is 3. The van der Waals surface area contributed by atoms with Crippen LogP contribution in [0.5, 0.6) is 0 Å². The lowest BCUT2D eigenvalue weighted by Gasteiger charge is -2.49. The van der Waals surface area contributed by atoms with Crippen LogP contribution in [0.4, 0.5) is 0 Å². The molecule has 0 spiro atoms. The molecule has 3 nitrogen and oxygen atoms in total. The summed E-state index contributed by atoms with van der Waals surface area (Å²) in [4.78, 5) is 2.45. The Hall–Kier alpha value is -0.420. The molecule has 0 bridgehead atoms. The second-order valence-corrected chi connectivity index (χ2v) is 7.65. The average Bonchev–Trinajstić information content (AvgIpc) is 2.28. The van der Waals surface area contributed by atoms with Crippen molar-refractivity contribution in [1.29, 1.82) is 0 Å². The quantitative estimate of drug-likeness (QED) is 0.916. The summed E-state index contributed by atoms with van der Waals surface area (Å²) in [5.74, 6) is 0. The molecule has 0 amide bonds. The van der Waals surface area contributed by atoms with E-state index in [4.69, 9.17) is 10.5 Å². The van der Waals surface area contributed by atoms with E-state index in [9.17, 15) is 0 Å². The van der Waals surface area contributed by atoms with Gasteiger partial charge in [-0.25, -0.2) is 0 Å². The largest absolute Gasteiger partial charge is 0.367 e. The molecule has 112 valence electrons. The number of ether oxygens (including phenoxy) is 1. The molecule has 1 aliphatic heterocycles. The fourth-order valence-electron chi connectivity index (χ4n) is 3.29. The lowest BCUT2D eigenvalue weighted by atomic mass is 9.95. The SMILES string of the molecule is CC1(C)CN(C(CN)c2ccccc2Br)CC(C)(C)O1. The number of hydrogen-bond donors (Lipinski definition) is 1. The van der Waals surface area contributed by atoms with Crippen molar-refractivity contribution in [2.24, 2.45) is 5.73 Å². The van der Waals surface area contributed by atoms with Crippen LogP contribution in [0, 0.1) is 0 Å². The van der Waals surface area contributed by atoms with Crippen LogP contribution in [0.25, 0.3) is 0 Å². The Morgan fingerprint density at radius 1 is 1.20 bits per heavy atom. The number of nitrogens with two attached hydrogens (primary N) is 1. The van der Waals surface area contributed by atoms with Crippen LogP contribution in [0.1, 0.15) is 39.3 Å². The number of morpholine rings is 1. The summed E-state index contributed by atoms with van der Waals surface area (Å²) in [6.45, 7) is 11.0. The molecule has 1 aromatic carbocycles. The number of hydrogen-bond acceptors (Lipinski definition) is 3. The summed E-state index contributed by atoms with van der Waals surface area (Å²) < 4.78 is 7.28. The molecule has 0 saturated carbocycles. The average molecular weight is 341 g/mol. The van der Waals surface area contributed by atoms with E-state index in [1.165, 1.54) is 5.56 Å². The van der Waals surface area contributed by atoms with Crippen molar-refractivity contribution in [3.8, 4) is 0 Å². The van der Waals surface area contributed by atoms with Gasteiger partial charge >= 0.3 is 0 Å². The number of halogens is 1. The Morgan fingerprint density at radius 3 is 2.25 bits per heavy atom. The minimum atomic E-state index is -0.156. The zero-order valence-electron chi connectivity index (χ0n) is 12.8. The maximum atomic E-state index is 6.16. The Bertz CT molecular complexity index is 457. The maximum absolute atomic E-state index is 6.16. The van der Waals surface area contributed by atoms with Gasteiger partial charge < -0.3 is 10.5 Å². The molecule has 1 saturated heterocycles. The third kappa shape index (κ3) is 3.61. The highest BCUT2D eigenvalue weighted by Gasteiger charge is 2.40. The molecular weight excluding hydrogens is 316 g/mol. The van der Waals surface area contributed by atoms with Crippen molar-refractivity contribution in [3.05, 3.63) is 34.3 Å². The highest BCUT2D eigenvalue weighted by molar-refractivity contribution is 9.10. The standard InChI is InChI=1S/C16H25BrN2O/c1-15(2)10-19(11-16(3,4)20-15)14(9-18)12-7-5-6-8-13(12)17/h5-8,14H,9-11,18H2,1-4H3. The highest BCUT2D eigenvalue weighted by atomic mass is 79.9. The third-order valence-electron chi connectivity index (χ3n) is 3.65. The van der Waals surface area contributed by atoms with Gasteiger partial charge in [0, 0.05) is 30.1 Å². The lowest BCUT2D eigenvalue weighted by Crippen LogP contribution is -2.58. The molecule has 1 atom stereocenters. The van der Waals surface area contributed by atoms with Crippen molar-refractivity contribution in [1.82, 2.24) is 4.90 Å². The van der Waals surface area contributed by atoms with E-state index < -0.39 is 0 Å². The summed E-state index contributed by atoms with van der Waals surface area (Å²) in [5, 5.41) is 0. The van der Waals surface area contributed by atoms with E-state index in [0.717, 1.165) is 17.6 Å². The third-order valence-corrected chi connectivity index (χ3v) is 4.37. The second kappa shape index (κ2) is 5.76. The zero-order valence-corrected chi connectivity index (χ0v) is 14.4. The Balaban J connectivity index is 2.30. The molecule has 2 rings (SSSR count). The molecule has 1 unspecified atom stereocenters. The smallest absolute Gasteiger partial charge is 0.0761 e. The highest BCUT2D eigenvalue weighted by Crippen LogP contribution is 2.35. The van der Waals surface area contributed by atoms with Crippen molar-refractivity contribution >= 4 is 15.9 Å². The van der Waals surface area contributed by atoms with Crippen LogP contribution in [0.15, 0.2) is 28.7 Å². The van der Waals surface area contributed by atoms with Crippen molar-refractivity contribution in [3.63, 3.8) is 0 Å². The Morgan fingerprint density at radius 2 is 1.75 bits per heavy atom. The first kappa shape index (κ1) is 16.0. The minimum absolute atomic E-state index is 0.156. The fourth-order valence-corrected chi connectivity index (χ4v) is 3.83. The lowest BCUT2D eigenvalue weighted by molar-refractivity contribution is -0.187. The van der Waals surface area contributed by atoms with E-state index in [1.807, 2.05) is 6.07 Å². The zero-order chi connectivity index (χ0) is 15.0. The summed E-state index contributed by atoms with van der Waals surface area (Å²) in [5.41, 5.74) is 7.02. The molecule has 1 heterocycles. The predicted octanol–water partition coefficient (Wildman–Crippen LogP) is 3.34. The first-order chi connectivity index (χ1) is 9.24. The van der Waals surface area contributed by atoms with Crippen molar-refractivity contribution in [2.75, 3.05) is 19.6 Å². The number of nitrogens with zero attached hydrogens (tertiary/aromatic N) is 1. The van der Waals surface area contributed by atoms with Gasteiger partial charge in [0.05, 0.1) is 11.2 Å². The summed E-state index contributed by atoms with van der Waals surface area (Å²) in [6.07, 6.45) is 0. The van der Waals surface area contributed by atoms with Gasteiger partial charge in [0.25, 0.3) is 0 Å². The molecular formula is C16H25BrN2O. The van der Waals surface area contributed by atoms with Crippen molar-refractivity contribution < 1.29 is 4.74 Å². The summed E-state index contributed by atoms with van der Waals surface area (Å²) in [7, 11) is 0. The number of benzene rings is 1.